The van der Waals surface area contributed by atoms with Crippen LogP contribution in [0.15, 0.2) is 48.7 Å². The molecule has 1 aromatic carbocycles. The zero-order valence-corrected chi connectivity index (χ0v) is 11.2. The normalized spacial score (nSPS) is 18.6. The monoisotopic (exact) mass is 253 g/mol. The lowest BCUT2D eigenvalue weighted by Gasteiger charge is -2.19. The Balaban J connectivity index is 1.63. The molecule has 3 heteroatoms. The molecule has 1 N–H and O–H groups in total. The number of hydrogen-bond donors (Lipinski definition) is 1. The second kappa shape index (κ2) is 5.31. The number of rotatable bonds is 3. The van der Waals surface area contributed by atoms with Crippen LogP contribution in [0.25, 0.3) is 0 Å². The molecule has 1 saturated heterocycles. The first kappa shape index (κ1) is 12.0. The highest BCUT2D eigenvalue weighted by molar-refractivity contribution is 5.50. The Labute approximate surface area is 114 Å². The van der Waals surface area contributed by atoms with Crippen molar-refractivity contribution in [1.82, 2.24) is 4.98 Å². The van der Waals surface area contributed by atoms with Gasteiger partial charge in [-0.3, -0.25) is 4.98 Å². The number of nitrogens with one attached hydrogen (secondary N) is 1. The molecule has 1 fully saturated rings. The van der Waals surface area contributed by atoms with Crippen LogP contribution in [0.2, 0.25) is 0 Å². The summed E-state index contributed by atoms with van der Waals surface area (Å²) in [5, 5.41) is 3.60. The van der Waals surface area contributed by atoms with Crippen molar-refractivity contribution in [2.45, 2.75) is 19.4 Å². The van der Waals surface area contributed by atoms with Crippen molar-refractivity contribution in [3.05, 3.63) is 54.4 Å². The van der Waals surface area contributed by atoms with E-state index in [1.807, 2.05) is 19.2 Å². The summed E-state index contributed by atoms with van der Waals surface area (Å²) >= 11 is 0. The van der Waals surface area contributed by atoms with Gasteiger partial charge in [0.05, 0.1) is 0 Å². The van der Waals surface area contributed by atoms with Gasteiger partial charge in [-0.2, -0.15) is 0 Å². The van der Waals surface area contributed by atoms with E-state index in [4.69, 9.17) is 0 Å². The number of nitrogens with zero attached hydrogens (tertiary/aromatic N) is 2. The van der Waals surface area contributed by atoms with Gasteiger partial charge < -0.3 is 10.2 Å². The Morgan fingerprint density at radius 1 is 1.21 bits per heavy atom. The van der Waals surface area contributed by atoms with Crippen molar-refractivity contribution in [3.8, 4) is 0 Å². The first-order chi connectivity index (χ1) is 9.31. The lowest BCUT2D eigenvalue weighted by atomic mass is 10.2. The van der Waals surface area contributed by atoms with Crippen LogP contribution in [0.3, 0.4) is 0 Å². The smallest absolute Gasteiger partial charge is 0.0453 e. The zero-order chi connectivity index (χ0) is 13.1. The van der Waals surface area contributed by atoms with Crippen molar-refractivity contribution in [2.24, 2.45) is 0 Å². The Morgan fingerprint density at radius 2 is 2.05 bits per heavy atom. The van der Waals surface area contributed by atoms with Crippen LogP contribution >= 0.6 is 0 Å². The molecule has 98 valence electrons. The molecule has 1 atom stereocenters. The van der Waals surface area contributed by atoms with Crippen LogP contribution in [0.1, 0.15) is 12.1 Å². The highest BCUT2D eigenvalue weighted by atomic mass is 15.2. The van der Waals surface area contributed by atoms with Crippen molar-refractivity contribution in [3.63, 3.8) is 0 Å². The van der Waals surface area contributed by atoms with E-state index in [1.54, 1.807) is 0 Å². The summed E-state index contributed by atoms with van der Waals surface area (Å²) in [4.78, 5) is 6.66. The van der Waals surface area contributed by atoms with Crippen molar-refractivity contribution in [1.29, 1.82) is 0 Å². The number of aromatic nitrogens is 1. The summed E-state index contributed by atoms with van der Waals surface area (Å²) in [7, 11) is 0. The van der Waals surface area contributed by atoms with E-state index in [0.717, 1.165) is 18.8 Å². The van der Waals surface area contributed by atoms with E-state index in [1.165, 1.54) is 17.8 Å². The maximum absolute atomic E-state index is 4.23. The second-order valence-corrected chi connectivity index (χ2v) is 5.10. The molecule has 0 amide bonds. The van der Waals surface area contributed by atoms with Gasteiger partial charge in [0.2, 0.25) is 0 Å². The minimum atomic E-state index is 0.516. The molecule has 0 bridgehead atoms. The molecular formula is C16H19N3. The number of anilines is 2. The maximum Gasteiger partial charge on any atom is 0.0453 e. The van der Waals surface area contributed by atoms with Crippen molar-refractivity contribution < 1.29 is 0 Å². The lowest BCUT2D eigenvalue weighted by molar-refractivity contribution is 0.806. The fourth-order valence-corrected chi connectivity index (χ4v) is 2.62. The van der Waals surface area contributed by atoms with Crippen LogP contribution in [-0.2, 0) is 0 Å². The van der Waals surface area contributed by atoms with E-state index in [-0.39, 0.29) is 0 Å². The van der Waals surface area contributed by atoms with Crippen molar-refractivity contribution in [2.75, 3.05) is 23.3 Å². The van der Waals surface area contributed by atoms with Gasteiger partial charge in [-0.15, -0.1) is 0 Å². The highest BCUT2D eigenvalue weighted by Gasteiger charge is 2.22. The summed E-state index contributed by atoms with van der Waals surface area (Å²) in [6, 6.07) is 15.3. The third-order valence-corrected chi connectivity index (χ3v) is 3.58. The molecule has 0 radical (unpaired) electrons. The standard InChI is InChI=1S/C16H19N3/c1-13-11-14(7-9-17-13)18-15-8-10-19(12-15)16-5-3-2-4-6-16/h2-7,9,11,15H,8,10,12H2,1H3,(H,17,18). The van der Waals surface area contributed by atoms with Gasteiger partial charge in [0.25, 0.3) is 0 Å². The minimum absolute atomic E-state index is 0.516. The second-order valence-electron chi connectivity index (χ2n) is 5.10. The first-order valence-corrected chi connectivity index (χ1v) is 6.80. The molecule has 0 saturated carbocycles. The molecular weight excluding hydrogens is 234 g/mol. The summed E-state index contributed by atoms with van der Waals surface area (Å²) < 4.78 is 0. The number of benzene rings is 1. The van der Waals surface area contributed by atoms with Gasteiger partial charge in [0.15, 0.2) is 0 Å². The SMILES string of the molecule is Cc1cc(NC2CCN(c3ccccc3)C2)ccn1. The van der Waals surface area contributed by atoms with E-state index in [9.17, 15) is 0 Å². The van der Waals surface area contributed by atoms with E-state index in [2.05, 4.69) is 51.6 Å². The summed E-state index contributed by atoms with van der Waals surface area (Å²) in [6.07, 6.45) is 3.04. The lowest BCUT2D eigenvalue weighted by Crippen LogP contribution is -2.25. The molecule has 1 unspecified atom stereocenters. The predicted octanol–water partition coefficient (Wildman–Crippen LogP) is 3.08. The Kier molecular flexibility index (Phi) is 3.36. The minimum Gasteiger partial charge on any atom is -0.380 e. The molecule has 0 spiro atoms. The first-order valence-electron chi connectivity index (χ1n) is 6.80. The fourth-order valence-electron chi connectivity index (χ4n) is 2.62. The van der Waals surface area contributed by atoms with Crippen LogP contribution in [-0.4, -0.2) is 24.1 Å². The maximum atomic E-state index is 4.23. The zero-order valence-electron chi connectivity index (χ0n) is 11.2. The number of hydrogen-bond acceptors (Lipinski definition) is 3. The molecule has 0 aliphatic carbocycles. The van der Waals surface area contributed by atoms with Crippen molar-refractivity contribution >= 4 is 11.4 Å². The molecule has 19 heavy (non-hydrogen) atoms. The third-order valence-electron chi connectivity index (χ3n) is 3.58. The largest absolute Gasteiger partial charge is 0.380 e. The van der Waals surface area contributed by atoms with Gasteiger partial charge in [-0.25, -0.2) is 0 Å². The van der Waals surface area contributed by atoms with E-state index in [0.29, 0.717) is 6.04 Å². The number of pyridine rings is 1. The average Bonchev–Trinajstić information content (AvgIpc) is 2.88. The molecule has 3 nitrogen and oxygen atoms in total. The fraction of sp³-hybridized carbons (Fsp3) is 0.312. The Bertz CT molecular complexity index is 539. The van der Waals surface area contributed by atoms with Crippen LogP contribution in [0.4, 0.5) is 11.4 Å². The number of para-hydroxylation sites is 1. The van der Waals surface area contributed by atoms with Gasteiger partial charge >= 0.3 is 0 Å². The molecule has 2 aromatic rings. The molecule has 3 rings (SSSR count). The van der Waals surface area contributed by atoms with Gasteiger partial charge in [-0.05, 0) is 37.6 Å². The third kappa shape index (κ3) is 2.87. The van der Waals surface area contributed by atoms with Crippen LogP contribution in [0, 0.1) is 6.92 Å². The summed E-state index contributed by atoms with van der Waals surface area (Å²) in [5.41, 5.74) is 3.55. The van der Waals surface area contributed by atoms with Crippen LogP contribution in [0.5, 0.6) is 0 Å². The van der Waals surface area contributed by atoms with E-state index >= 15 is 0 Å². The number of aryl methyl sites for hydroxylation is 1. The Morgan fingerprint density at radius 3 is 2.84 bits per heavy atom. The predicted molar refractivity (Wildman–Crippen MR) is 79.7 cm³/mol. The summed E-state index contributed by atoms with van der Waals surface area (Å²) in [6.45, 7) is 4.20. The molecule has 1 aliphatic heterocycles. The Hall–Kier alpha value is -2.03. The molecule has 2 heterocycles. The van der Waals surface area contributed by atoms with E-state index < -0.39 is 0 Å². The summed E-state index contributed by atoms with van der Waals surface area (Å²) in [5.74, 6) is 0. The van der Waals surface area contributed by atoms with Crippen LogP contribution < -0.4 is 10.2 Å². The topological polar surface area (TPSA) is 28.2 Å². The molecule has 1 aliphatic rings. The van der Waals surface area contributed by atoms with Gasteiger partial charge in [-0.1, -0.05) is 18.2 Å². The highest BCUT2D eigenvalue weighted by Crippen LogP contribution is 2.22. The quantitative estimate of drug-likeness (QED) is 0.911. The average molecular weight is 253 g/mol. The molecule has 1 aromatic heterocycles. The van der Waals surface area contributed by atoms with Gasteiger partial charge in [0.1, 0.15) is 0 Å². The van der Waals surface area contributed by atoms with Gasteiger partial charge in [0, 0.05) is 42.4 Å².